The molecule has 4 nitrogen and oxygen atoms in total. The van der Waals surface area contributed by atoms with Crippen LogP contribution in [0.2, 0.25) is 0 Å². The molecule has 0 fully saturated rings. The first kappa shape index (κ1) is 12.8. The Kier molecular flexibility index (Phi) is 3.77. The summed E-state index contributed by atoms with van der Waals surface area (Å²) in [6.07, 6.45) is 3.66. The molecule has 0 radical (unpaired) electrons. The van der Waals surface area contributed by atoms with E-state index in [0.29, 0.717) is 0 Å². The van der Waals surface area contributed by atoms with Gasteiger partial charge in [-0.25, -0.2) is 0 Å². The normalized spacial score (nSPS) is 11.7. The van der Waals surface area contributed by atoms with E-state index in [9.17, 15) is 0 Å². The Balaban J connectivity index is 2.22. The van der Waals surface area contributed by atoms with E-state index in [2.05, 4.69) is 29.4 Å². The van der Waals surface area contributed by atoms with Gasteiger partial charge in [0.2, 0.25) is 0 Å². The van der Waals surface area contributed by atoms with Crippen LogP contribution in [-0.2, 0) is 0 Å². The molecule has 0 bridgehead atoms. The Labute approximate surface area is 108 Å². The van der Waals surface area contributed by atoms with Crippen molar-refractivity contribution in [2.45, 2.75) is 32.2 Å². The fraction of sp³-hybridized carbons (Fsp3) is 0.429. The molecule has 18 heavy (non-hydrogen) atoms. The first-order valence-corrected chi connectivity index (χ1v) is 6.41. The zero-order chi connectivity index (χ0) is 13.0. The fourth-order valence-corrected chi connectivity index (χ4v) is 1.92. The van der Waals surface area contributed by atoms with Crippen molar-refractivity contribution in [3.05, 3.63) is 30.5 Å². The first-order valence-electron chi connectivity index (χ1n) is 6.41. The Hall–Kier alpha value is -1.68. The molecule has 0 atom stereocenters. The minimum atomic E-state index is -0.162. The molecule has 0 saturated heterocycles. The maximum atomic E-state index is 6.29. The lowest BCUT2D eigenvalue weighted by molar-refractivity contribution is 0.418. The Morgan fingerprint density at radius 2 is 1.94 bits per heavy atom. The summed E-state index contributed by atoms with van der Waals surface area (Å²) < 4.78 is 0. The average molecular weight is 244 g/mol. The molecule has 0 aliphatic rings. The van der Waals surface area contributed by atoms with Crippen LogP contribution in [0.4, 0.5) is 5.69 Å². The molecule has 1 heterocycles. The van der Waals surface area contributed by atoms with E-state index in [1.54, 1.807) is 6.20 Å². The Bertz CT molecular complexity index is 515. The first-order chi connectivity index (χ1) is 8.68. The van der Waals surface area contributed by atoms with Crippen LogP contribution < -0.4 is 11.1 Å². The summed E-state index contributed by atoms with van der Waals surface area (Å²) in [4.78, 5) is 0. The van der Waals surface area contributed by atoms with Crippen molar-refractivity contribution in [1.29, 1.82) is 0 Å². The van der Waals surface area contributed by atoms with Gasteiger partial charge in [-0.2, -0.15) is 10.2 Å². The van der Waals surface area contributed by atoms with Crippen molar-refractivity contribution in [1.82, 2.24) is 10.2 Å². The monoisotopic (exact) mass is 244 g/mol. The molecule has 0 spiro atoms. The second-order valence-corrected chi connectivity index (χ2v) is 4.70. The van der Waals surface area contributed by atoms with E-state index >= 15 is 0 Å². The van der Waals surface area contributed by atoms with Gasteiger partial charge in [-0.3, -0.25) is 0 Å². The van der Waals surface area contributed by atoms with Crippen LogP contribution in [0.1, 0.15) is 26.7 Å². The van der Waals surface area contributed by atoms with Gasteiger partial charge in [-0.1, -0.05) is 32.0 Å². The molecular formula is C14H20N4. The average Bonchev–Trinajstić information content (AvgIpc) is 2.44. The van der Waals surface area contributed by atoms with E-state index in [0.717, 1.165) is 36.0 Å². The largest absolute Gasteiger partial charge is 0.381 e. The predicted octanol–water partition coefficient (Wildman–Crippen LogP) is 2.56. The molecule has 0 unspecified atom stereocenters. The molecule has 1 aromatic heterocycles. The van der Waals surface area contributed by atoms with Gasteiger partial charge in [0.1, 0.15) is 0 Å². The number of nitrogens with zero attached hydrogens (tertiary/aromatic N) is 2. The molecule has 2 rings (SSSR count). The van der Waals surface area contributed by atoms with Crippen LogP contribution in [0.25, 0.3) is 10.9 Å². The summed E-state index contributed by atoms with van der Waals surface area (Å²) in [6, 6.07) is 7.97. The van der Waals surface area contributed by atoms with Crippen molar-refractivity contribution in [2.24, 2.45) is 5.73 Å². The highest BCUT2D eigenvalue weighted by Gasteiger charge is 2.19. The van der Waals surface area contributed by atoms with E-state index in [4.69, 9.17) is 5.73 Å². The van der Waals surface area contributed by atoms with Crippen molar-refractivity contribution in [3.8, 4) is 0 Å². The minimum absolute atomic E-state index is 0.162. The highest BCUT2D eigenvalue weighted by molar-refractivity contribution is 5.90. The lowest BCUT2D eigenvalue weighted by Crippen LogP contribution is -2.45. The Morgan fingerprint density at radius 1 is 1.22 bits per heavy atom. The van der Waals surface area contributed by atoms with Gasteiger partial charge in [-0.05, 0) is 18.9 Å². The lowest BCUT2D eigenvalue weighted by atomic mass is 9.94. The number of fused-ring (bicyclic) bond motifs is 1. The molecule has 0 aliphatic heterocycles. The van der Waals surface area contributed by atoms with Crippen molar-refractivity contribution >= 4 is 16.6 Å². The second-order valence-electron chi connectivity index (χ2n) is 4.70. The van der Waals surface area contributed by atoms with Gasteiger partial charge < -0.3 is 11.1 Å². The Morgan fingerprint density at radius 3 is 2.67 bits per heavy atom. The maximum Gasteiger partial charge on any atom is 0.0950 e. The summed E-state index contributed by atoms with van der Waals surface area (Å²) in [7, 11) is 0. The van der Waals surface area contributed by atoms with Crippen LogP contribution in [0.5, 0.6) is 0 Å². The number of nitrogens with two attached hydrogens (primary N) is 1. The summed E-state index contributed by atoms with van der Waals surface area (Å²) in [5, 5.41) is 12.6. The molecule has 1 aromatic carbocycles. The van der Waals surface area contributed by atoms with E-state index in [1.165, 1.54) is 0 Å². The number of hydrogen-bond acceptors (Lipinski definition) is 4. The summed E-state index contributed by atoms with van der Waals surface area (Å²) in [5.41, 5.74) is 8.03. The second kappa shape index (κ2) is 5.31. The quantitative estimate of drug-likeness (QED) is 0.848. The topological polar surface area (TPSA) is 63.8 Å². The maximum absolute atomic E-state index is 6.29. The summed E-state index contributed by atoms with van der Waals surface area (Å²) in [5.74, 6) is 0. The van der Waals surface area contributed by atoms with Gasteiger partial charge in [0, 0.05) is 17.5 Å². The number of aromatic nitrogens is 2. The standard InChI is InChI=1S/C14H20N4/c1-3-14(15,4-2)10-16-13-9-17-18-12-8-6-5-7-11(12)13/h5-9H,3-4,10,15H2,1-2H3,(H,16,18). The van der Waals surface area contributed by atoms with Gasteiger partial charge in [0.15, 0.2) is 0 Å². The smallest absolute Gasteiger partial charge is 0.0950 e. The fourth-order valence-electron chi connectivity index (χ4n) is 1.92. The zero-order valence-corrected chi connectivity index (χ0v) is 11.0. The van der Waals surface area contributed by atoms with Crippen molar-refractivity contribution in [3.63, 3.8) is 0 Å². The van der Waals surface area contributed by atoms with Crippen LogP contribution in [0.3, 0.4) is 0 Å². The van der Waals surface area contributed by atoms with E-state index < -0.39 is 0 Å². The van der Waals surface area contributed by atoms with Gasteiger partial charge in [0.05, 0.1) is 17.4 Å². The SMILES string of the molecule is CCC(N)(CC)CNc1cnnc2ccccc12. The number of hydrogen-bond donors (Lipinski definition) is 2. The summed E-state index contributed by atoms with van der Waals surface area (Å²) >= 11 is 0. The number of anilines is 1. The zero-order valence-electron chi connectivity index (χ0n) is 11.0. The molecule has 96 valence electrons. The number of benzene rings is 1. The van der Waals surface area contributed by atoms with E-state index in [-0.39, 0.29) is 5.54 Å². The highest BCUT2D eigenvalue weighted by Crippen LogP contribution is 2.21. The molecular weight excluding hydrogens is 224 g/mol. The number of rotatable bonds is 5. The van der Waals surface area contributed by atoms with Crippen molar-refractivity contribution in [2.75, 3.05) is 11.9 Å². The van der Waals surface area contributed by atoms with E-state index in [1.807, 2.05) is 24.3 Å². The van der Waals surface area contributed by atoms with Crippen LogP contribution in [-0.4, -0.2) is 22.3 Å². The third-order valence-corrected chi connectivity index (χ3v) is 3.59. The van der Waals surface area contributed by atoms with Crippen LogP contribution in [0, 0.1) is 0 Å². The molecule has 0 amide bonds. The minimum Gasteiger partial charge on any atom is -0.381 e. The number of nitrogens with one attached hydrogen (secondary N) is 1. The molecule has 0 saturated carbocycles. The van der Waals surface area contributed by atoms with Gasteiger partial charge in [-0.15, -0.1) is 0 Å². The van der Waals surface area contributed by atoms with Gasteiger partial charge in [0.25, 0.3) is 0 Å². The molecule has 0 aliphatic carbocycles. The van der Waals surface area contributed by atoms with Gasteiger partial charge >= 0.3 is 0 Å². The third kappa shape index (κ3) is 2.59. The summed E-state index contributed by atoms with van der Waals surface area (Å²) in [6.45, 7) is 4.98. The highest BCUT2D eigenvalue weighted by atomic mass is 15.1. The molecule has 2 aromatic rings. The lowest BCUT2D eigenvalue weighted by Gasteiger charge is -2.27. The third-order valence-electron chi connectivity index (χ3n) is 3.59. The van der Waals surface area contributed by atoms with Crippen LogP contribution in [0.15, 0.2) is 30.5 Å². The van der Waals surface area contributed by atoms with Crippen LogP contribution >= 0.6 is 0 Å². The molecule has 3 N–H and O–H groups in total. The predicted molar refractivity (Wildman–Crippen MR) is 75.5 cm³/mol. The molecule has 4 heteroatoms. The van der Waals surface area contributed by atoms with Crippen molar-refractivity contribution < 1.29 is 0 Å².